The molecular weight excluding hydrogens is 358 g/mol. The Labute approximate surface area is 161 Å². The standard InChI is InChI=1S/C20H21N5O3/c26-18(24-13-11-23(12-14-24)15-5-8-21-9-6-15)7-10-25-20(28)17-4-2-1-3-16(17)19(27)22-25/h1-6,8-9H,7,10-14H2,(H,22,27). The molecule has 1 amide bonds. The zero-order valence-electron chi connectivity index (χ0n) is 15.4. The summed E-state index contributed by atoms with van der Waals surface area (Å²) in [5.41, 5.74) is 0.488. The van der Waals surface area contributed by atoms with Crippen LogP contribution in [-0.4, -0.2) is 51.8 Å². The van der Waals surface area contributed by atoms with E-state index in [-0.39, 0.29) is 30.0 Å². The van der Waals surface area contributed by atoms with Gasteiger partial charge in [0.1, 0.15) is 0 Å². The molecular formula is C20H21N5O3. The molecule has 1 saturated heterocycles. The molecule has 3 aromatic rings. The summed E-state index contributed by atoms with van der Waals surface area (Å²) in [4.78, 5) is 45.3. The van der Waals surface area contributed by atoms with Gasteiger partial charge in [-0.05, 0) is 24.3 Å². The number of hydrogen-bond donors (Lipinski definition) is 1. The highest BCUT2D eigenvalue weighted by molar-refractivity contribution is 5.80. The number of carbonyl (C=O) groups is 1. The summed E-state index contributed by atoms with van der Waals surface area (Å²) in [6.07, 6.45) is 3.69. The Hall–Kier alpha value is -3.42. The normalized spacial score (nSPS) is 14.4. The van der Waals surface area contributed by atoms with Crippen molar-refractivity contribution >= 4 is 22.4 Å². The van der Waals surface area contributed by atoms with Gasteiger partial charge in [-0.25, -0.2) is 4.68 Å². The molecule has 3 heterocycles. The van der Waals surface area contributed by atoms with Crippen molar-refractivity contribution < 1.29 is 4.79 Å². The number of rotatable bonds is 4. The topological polar surface area (TPSA) is 91.3 Å². The van der Waals surface area contributed by atoms with E-state index in [0.717, 1.165) is 18.8 Å². The van der Waals surface area contributed by atoms with Gasteiger partial charge in [-0.3, -0.25) is 24.5 Å². The van der Waals surface area contributed by atoms with Crippen LogP contribution in [0.2, 0.25) is 0 Å². The molecule has 2 aromatic heterocycles. The minimum atomic E-state index is -0.325. The van der Waals surface area contributed by atoms with Crippen LogP contribution >= 0.6 is 0 Å². The molecule has 1 aliphatic heterocycles. The van der Waals surface area contributed by atoms with E-state index in [1.54, 1.807) is 36.7 Å². The minimum Gasteiger partial charge on any atom is -0.368 e. The third kappa shape index (κ3) is 3.53. The maximum Gasteiger partial charge on any atom is 0.273 e. The lowest BCUT2D eigenvalue weighted by atomic mass is 10.2. The first kappa shape index (κ1) is 18.0. The summed E-state index contributed by atoms with van der Waals surface area (Å²) >= 11 is 0. The molecule has 0 radical (unpaired) electrons. The Kier molecular flexibility index (Phi) is 4.92. The van der Waals surface area contributed by atoms with Crippen molar-refractivity contribution in [2.45, 2.75) is 13.0 Å². The first-order valence-electron chi connectivity index (χ1n) is 9.28. The third-order valence-electron chi connectivity index (χ3n) is 5.09. The van der Waals surface area contributed by atoms with Crippen LogP contribution in [0.4, 0.5) is 5.69 Å². The predicted molar refractivity (Wildman–Crippen MR) is 106 cm³/mol. The summed E-state index contributed by atoms with van der Waals surface area (Å²) in [7, 11) is 0. The molecule has 0 aliphatic carbocycles. The molecule has 0 saturated carbocycles. The van der Waals surface area contributed by atoms with E-state index in [1.807, 2.05) is 17.0 Å². The number of hydrogen-bond acceptors (Lipinski definition) is 5. The SMILES string of the molecule is O=C(CCn1[nH]c(=O)c2ccccc2c1=O)N1CCN(c2ccncc2)CC1. The van der Waals surface area contributed by atoms with E-state index in [2.05, 4.69) is 15.0 Å². The number of amides is 1. The summed E-state index contributed by atoms with van der Waals surface area (Å²) in [6, 6.07) is 10.6. The van der Waals surface area contributed by atoms with Crippen LogP contribution in [0.5, 0.6) is 0 Å². The second-order valence-corrected chi connectivity index (χ2v) is 6.77. The molecule has 8 heteroatoms. The van der Waals surface area contributed by atoms with E-state index in [9.17, 15) is 14.4 Å². The van der Waals surface area contributed by atoms with Crippen LogP contribution in [0.1, 0.15) is 6.42 Å². The molecule has 1 N–H and O–H groups in total. The zero-order valence-corrected chi connectivity index (χ0v) is 15.4. The number of benzene rings is 1. The molecule has 0 spiro atoms. The van der Waals surface area contributed by atoms with Gasteiger partial charge in [0.25, 0.3) is 11.1 Å². The zero-order chi connectivity index (χ0) is 19.5. The predicted octanol–water partition coefficient (Wildman–Crippen LogP) is 0.824. The fourth-order valence-corrected chi connectivity index (χ4v) is 3.54. The van der Waals surface area contributed by atoms with Crippen LogP contribution in [0, 0.1) is 0 Å². The van der Waals surface area contributed by atoms with E-state index < -0.39 is 0 Å². The van der Waals surface area contributed by atoms with Crippen molar-refractivity contribution in [3.8, 4) is 0 Å². The van der Waals surface area contributed by atoms with Crippen molar-refractivity contribution in [2.75, 3.05) is 31.1 Å². The molecule has 0 unspecified atom stereocenters. The quantitative estimate of drug-likeness (QED) is 0.725. The highest BCUT2D eigenvalue weighted by Gasteiger charge is 2.21. The number of nitrogens with one attached hydrogen (secondary N) is 1. The Morgan fingerprint density at radius 2 is 1.64 bits per heavy atom. The summed E-state index contributed by atoms with van der Waals surface area (Å²) in [5.74, 6) is -0.0183. The maximum atomic E-state index is 12.6. The molecule has 28 heavy (non-hydrogen) atoms. The van der Waals surface area contributed by atoms with Crippen LogP contribution < -0.4 is 16.0 Å². The van der Waals surface area contributed by atoms with Crippen molar-refractivity contribution in [1.82, 2.24) is 19.7 Å². The lowest BCUT2D eigenvalue weighted by molar-refractivity contribution is -0.131. The van der Waals surface area contributed by atoms with E-state index in [1.165, 1.54) is 4.68 Å². The molecule has 4 rings (SSSR count). The van der Waals surface area contributed by atoms with Gasteiger partial charge in [0.2, 0.25) is 5.91 Å². The number of aromatic amines is 1. The fourth-order valence-electron chi connectivity index (χ4n) is 3.54. The van der Waals surface area contributed by atoms with Crippen LogP contribution in [-0.2, 0) is 11.3 Å². The number of aromatic nitrogens is 3. The van der Waals surface area contributed by atoms with Gasteiger partial charge in [0, 0.05) is 50.7 Å². The number of H-pyrrole nitrogens is 1. The van der Waals surface area contributed by atoms with Crippen LogP contribution in [0.25, 0.3) is 10.8 Å². The van der Waals surface area contributed by atoms with Crippen LogP contribution in [0.3, 0.4) is 0 Å². The average Bonchev–Trinajstić information content (AvgIpc) is 2.76. The summed E-state index contributed by atoms with van der Waals surface area (Å²) in [5, 5.41) is 3.30. The van der Waals surface area contributed by atoms with Gasteiger partial charge in [-0.2, -0.15) is 0 Å². The minimum absolute atomic E-state index is 0.0183. The van der Waals surface area contributed by atoms with Gasteiger partial charge in [0.15, 0.2) is 0 Å². The monoisotopic (exact) mass is 379 g/mol. The van der Waals surface area contributed by atoms with E-state index in [0.29, 0.717) is 23.9 Å². The molecule has 144 valence electrons. The van der Waals surface area contributed by atoms with Gasteiger partial charge >= 0.3 is 0 Å². The first-order valence-corrected chi connectivity index (χ1v) is 9.28. The van der Waals surface area contributed by atoms with Gasteiger partial charge in [-0.1, -0.05) is 12.1 Å². The largest absolute Gasteiger partial charge is 0.368 e. The van der Waals surface area contributed by atoms with Crippen molar-refractivity contribution in [3.05, 3.63) is 69.5 Å². The van der Waals surface area contributed by atoms with Crippen LogP contribution in [0.15, 0.2) is 58.4 Å². The molecule has 1 aromatic carbocycles. The maximum absolute atomic E-state index is 12.6. The molecule has 1 fully saturated rings. The number of carbonyl (C=O) groups excluding carboxylic acids is 1. The van der Waals surface area contributed by atoms with Crippen molar-refractivity contribution in [2.24, 2.45) is 0 Å². The highest BCUT2D eigenvalue weighted by Crippen LogP contribution is 2.15. The smallest absolute Gasteiger partial charge is 0.273 e. The molecule has 8 nitrogen and oxygen atoms in total. The number of piperazine rings is 1. The van der Waals surface area contributed by atoms with Gasteiger partial charge in [-0.15, -0.1) is 0 Å². The number of anilines is 1. The first-order chi connectivity index (χ1) is 13.6. The fraction of sp³-hybridized carbons (Fsp3) is 0.300. The van der Waals surface area contributed by atoms with Crippen molar-refractivity contribution in [3.63, 3.8) is 0 Å². The lowest BCUT2D eigenvalue weighted by Crippen LogP contribution is -2.49. The Morgan fingerprint density at radius 1 is 0.964 bits per heavy atom. The average molecular weight is 379 g/mol. The second kappa shape index (κ2) is 7.67. The van der Waals surface area contributed by atoms with Gasteiger partial charge in [0.05, 0.1) is 17.3 Å². The Bertz CT molecular complexity index is 1100. The summed E-state index contributed by atoms with van der Waals surface area (Å²) in [6.45, 7) is 2.92. The van der Waals surface area contributed by atoms with E-state index in [4.69, 9.17) is 0 Å². The van der Waals surface area contributed by atoms with Crippen molar-refractivity contribution in [1.29, 1.82) is 0 Å². The molecule has 1 aliphatic rings. The lowest BCUT2D eigenvalue weighted by Gasteiger charge is -2.36. The molecule has 0 bridgehead atoms. The summed E-state index contributed by atoms with van der Waals surface area (Å²) < 4.78 is 1.23. The third-order valence-corrected chi connectivity index (χ3v) is 5.09. The second-order valence-electron chi connectivity index (χ2n) is 6.77. The Morgan fingerprint density at radius 3 is 2.36 bits per heavy atom. The number of fused-ring (bicyclic) bond motifs is 1. The van der Waals surface area contributed by atoms with E-state index >= 15 is 0 Å². The van der Waals surface area contributed by atoms with Gasteiger partial charge < -0.3 is 9.80 Å². The number of aryl methyl sites for hydroxylation is 1. The molecule has 0 atom stereocenters. The highest BCUT2D eigenvalue weighted by atomic mass is 16.2. The number of pyridine rings is 1. The Balaban J connectivity index is 1.39. The number of nitrogens with zero attached hydrogens (tertiary/aromatic N) is 4.